The third-order valence-corrected chi connectivity index (χ3v) is 3.09. The van der Waals surface area contributed by atoms with Crippen molar-refractivity contribution in [2.45, 2.75) is 19.4 Å². The molecule has 19 heavy (non-hydrogen) atoms. The molecule has 1 atom stereocenters. The van der Waals surface area contributed by atoms with Crippen molar-refractivity contribution in [1.82, 2.24) is 15.2 Å². The van der Waals surface area contributed by atoms with E-state index in [0.29, 0.717) is 19.7 Å². The number of hydrogen-bond donors (Lipinski definition) is 1. The van der Waals surface area contributed by atoms with Crippen molar-refractivity contribution in [3.05, 3.63) is 30.1 Å². The first-order chi connectivity index (χ1) is 9.15. The van der Waals surface area contributed by atoms with Gasteiger partial charge in [0.1, 0.15) is 0 Å². The summed E-state index contributed by atoms with van der Waals surface area (Å²) in [5.41, 5.74) is 1.16. The molecule has 1 unspecified atom stereocenters. The van der Waals surface area contributed by atoms with E-state index in [-0.39, 0.29) is 11.9 Å². The molecule has 1 aromatic heterocycles. The zero-order chi connectivity index (χ0) is 14.1. The van der Waals surface area contributed by atoms with Crippen LogP contribution < -0.4 is 5.32 Å². The molecule has 0 saturated heterocycles. The summed E-state index contributed by atoms with van der Waals surface area (Å²) in [5, 5.41) is 2.88. The number of amides is 1. The van der Waals surface area contributed by atoms with Crippen LogP contribution in [0.3, 0.4) is 0 Å². The van der Waals surface area contributed by atoms with Gasteiger partial charge in [0.25, 0.3) is 0 Å². The van der Waals surface area contributed by atoms with Crippen molar-refractivity contribution < 1.29 is 9.53 Å². The summed E-state index contributed by atoms with van der Waals surface area (Å²) in [7, 11) is 3.60. The first kappa shape index (κ1) is 15.6. The molecule has 0 fully saturated rings. The molecule has 5 nitrogen and oxygen atoms in total. The van der Waals surface area contributed by atoms with Gasteiger partial charge in [0.15, 0.2) is 0 Å². The lowest BCUT2D eigenvalue weighted by molar-refractivity contribution is -0.122. The third-order valence-electron chi connectivity index (χ3n) is 3.09. The van der Waals surface area contributed by atoms with Crippen molar-refractivity contribution in [3.8, 4) is 0 Å². The zero-order valence-corrected chi connectivity index (χ0v) is 11.9. The standard InChI is InChI=1S/C14H23N3O2/c1-12(13-5-8-15-9-6-13)17(2)11-14(18)16-7-4-10-19-3/h5-6,8-9,12H,4,7,10-11H2,1-3H3,(H,16,18). The van der Waals surface area contributed by atoms with Gasteiger partial charge in [-0.15, -0.1) is 0 Å². The summed E-state index contributed by atoms with van der Waals surface area (Å²) >= 11 is 0. The molecule has 0 aromatic carbocycles. The quantitative estimate of drug-likeness (QED) is 0.718. The Morgan fingerprint density at radius 2 is 2.16 bits per heavy atom. The topological polar surface area (TPSA) is 54.5 Å². The molecule has 0 aliphatic rings. The van der Waals surface area contributed by atoms with Gasteiger partial charge in [-0.25, -0.2) is 0 Å². The fourth-order valence-electron chi connectivity index (χ4n) is 1.76. The molecule has 106 valence electrons. The highest BCUT2D eigenvalue weighted by Gasteiger charge is 2.14. The lowest BCUT2D eigenvalue weighted by atomic mass is 10.1. The maximum Gasteiger partial charge on any atom is 0.234 e. The maximum absolute atomic E-state index is 11.7. The average molecular weight is 265 g/mol. The van der Waals surface area contributed by atoms with Crippen LogP contribution in [-0.4, -0.2) is 49.6 Å². The van der Waals surface area contributed by atoms with Crippen molar-refractivity contribution in [1.29, 1.82) is 0 Å². The number of likely N-dealkylation sites (N-methyl/N-ethyl adjacent to an activating group) is 1. The zero-order valence-electron chi connectivity index (χ0n) is 11.9. The summed E-state index contributed by atoms with van der Waals surface area (Å²) in [4.78, 5) is 17.8. The fourth-order valence-corrected chi connectivity index (χ4v) is 1.76. The molecule has 0 spiro atoms. The number of carbonyl (C=O) groups excluding carboxylic acids is 1. The molecule has 0 aliphatic heterocycles. The van der Waals surface area contributed by atoms with Gasteiger partial charge in [0, 0.05) is 38.7 Å². The van der Waals surface area contributed by atoms with Crippen LogP contribution in [0, 0.1) is 0 Å². The number of ether oxygens (including phenoxy) is 1. The van der Waals surface area contributed by atoms with Crippen LogP contribution in [0.1, 0.15) is 24.9 Å². The molecule has 5 heteroatoms. The Morgan fingerprint density at radius 3 is 2.79 bits per heavy atom. The summed E-state index contributed by atoms with van der Waals surface area (Å²) in [6, 6.07) is 4.13. The van der Waals surface area contributed by atoms with Gasteiger partial charge < -0.3 is 10.1 Å². The van der Waals surface area contributed by atoms with Gasteiger partial charge in [-0.3, -0.25) is 14.7 Å². The largest absolute Gasteiger partial charge is 0.385 e. The van der Waals surface area contributed by atoms with Crippen molar-refractivity contribution in [2.75, 3.05) is 33.9 Å². The molecule has 0 radical (unpaired) electrons. The van der Waals surface area contributed by atoms with Crippen LogP contribution in [0.25, 0.3) is 0 Å². The number of nitrogens with one attached hydrogen (secondary N) is 1. The highest BCUT2D eigenvalue weighted by Crippen LogP contribution is 2.16. The van der Waals surface area contributed by atoms with Gasteiger partial charge >= 0.3 is 0 Å². The number of methoxy groups -OCH3 is 1. The SMILES string of the molecule is COCCCNC(=O)CN(C)C(C)c1ccncc1. The summed E-state index contributed by atoms with van der Waals surface area (Å²) < 4.78 is 4.93. The van der Waals surface area contributed by atoms with E-state index in [0.717, 1.165) is 12.0 Å². The molecular formula is C14H23N3O2. The summed E-state index contributed by atoms with van der Waals surface area (Å²) in [5.74, 6) is 0.0412. The number of aromatic nitrogens is 1. The molecule has 1 aromatic rings. The molecule has 1 amide bonds. The van der Waals surface area contributed by atoms with Crippen LogP contribution in [0.5, 0.6) is 0 Å². The highest BCUT2D eigenvalue weighted by atomic mass is 16.5. The monoisotopic (exact) mass is 265 g/mol. The Morgan fingerprint density at radius 1 is 1.47 bits per heavy atom. The second-order valence-corrected chi connectivity index (χ2v) is 4.57. The van der Waals surface area contributed by atoms with E-state index in [1.165, 1.54) is 0 Å². The third kappa shape index (κ3) is 5.81. The molecule has 0 bridgehead atoms. The highest BCUT2D eigenvalue weighted by molar-refractivity contribution is 5.77. The molecule has 1 N–H and O–H groups in total. The number of pyridine rings is 1. The Balaban J connectivity index is 2.33. The normalized spacial score (nSPS) is 12.4. The van der Waals surface area contributed by atoms with E-state index in [4.69, 9.17) is 4.74 Å². The number of nitrogens with zero attached hydrogens (tertiary/aromatic N) is 2. The minimum atomic E-state index is 0.0412. The minimum Gasteiger partial charge on any atom is -0.385 e. The van der Waals surface area contributed by atoms with Gasteiger partial charge in [-0.1, -0.05) is 0 Å². The number of rotatable bonds is 8. The van der Waals surface area contributed by atoms with Crippen molar-refractivity contribution in [2.24, 2.45) is 0 Å². The molecule has 1 rings (SSSR count). The Labute approximate surface area is 115 Å². The number of hydrogen-bond acceptors (Lipinski definition) is 4. The fraction of sp³-hybridized carbons (Fsp3) is 0.571. The lowest BCUT2D eigenvalue weighted by Gasteiger charge is -2.24. The van der Waals surface area contributed by atoms with Crippen LogP contribution in [-0.2, 0) is 9.53 Å². The van der Waals surface area contributed by atoms with E-state index in [1.807, 2.05) is 24.1 Å². The second-order valence-electron chi connectivity index (χ2n) is 4.57. The lowest BCUT2D eigenvalue weighted by Crippen LogP contribution is -2.37. The Bertz CT molecular complexity index is 370. The Hall–Kier alpha value is -1.46. The van der Waals surface area contributed by atoms with Gasteiger partial charge in [-0.2, -0.15) is 0 Å². The van der Waals surface area contributed by atoms with Gasteiger partial charge in [-0.05, 0) is 38.1 Å². The van der Waals surface area contributed by atoms with E-state index in [2.05, 4.69) is 17.2 Å². The summed E-state index contributed by atoms with van der Waals surface area (Å²) in [6.45, 7) is 3.79. The van der Waals surface area contributed by atoms with Crippen LogP contribution >= 0.6 is 0 Å². The molecule has 0 saturated carbocycles. The summed E-state index contributed by atoms with van der Waals surface area (Å²) in [6.07, 6.45) is 4.38. The second kappa shape index (κ2) is 8.61. The van der Waals surface area contributed by atoms with Crippen molar-refractivity contribution >= 4 is 5.91 Å². The Kier molecular flexibility index (Phi) is 7.07. The van der Waals surface area contributed by atoms with Gasteiger partial charge in [0.05, 0.1) is 6.54 Å². The van der Waals surface area contributed by atoms with Crippen LogP contribution in [0.2, 0.25) is 0 Å². The van der Waals surface area contributed by atoms with Gasteiger partial charge in [0.2, 0.25) is 5.91 Å². The smallest absolute Gasteiger partial charge is 0.234 e. The maximum atomic E-state index is 11.7. The molecular weight excluding hydrogens is 242 g/mol. The molecule has 0 aliphatic carbocycles. The van der Waals surface area contributed by atoms with Crippen LogP contribution in [0.4, 0.5) is 0 Å². The first-order valence-electron chi connectivity index (χ1n) is 6.51. The first-order valence-corrected chi connectivity index (χ1v) is 6.51. The van der Waals surface area contributed by atoms with E-state index >= 15 is 0 Å². The van der Waals surface area contributed by atoms with Crippen molar-refractivity contribution in [3.63, 3.8) is 0 Å². The average Bonchev–Trinajstić information content (AvgIpc) is 2.43. The van der Waals surface area contributed by atoms with E-state index in [1.54, 1.807) is 19.5 Å². The minimum absolute atomic E-state index is 0.0412. The van der Waals surface area contributed by atoms with Crippen LogP contribution in [0.15, 0.2) is 24.5 Å². The number of carbonyl (C=O) groups is 1. The predicted octanol–water partition coefficient (Wildman–Crippen LogP) is 1.23. The molecule has 1 heterocycles. The predicted molar refractivity (Wildman–Crippen MR) is 74.8 cm³/mol. The van der Waals surface area contributed by atoms with E-state index in [9.17, 15) is 4.79 Å². The van der Waals surface area contributed by atoms with E-state index < -0.39 is 0 Å².